The minimum Gasteiger partial charge on any atom is -0.487 e. The van der Waals surface area contributed by atoms with Crippen molar-refractivity contribution in [2.24, 2.45) is 5.73 Å². The number of nitrogens with two attached hydrogens (primary N) is 1. The highest BCUT2D eigenvalue weighted by atomic mass is 16.5. The van der Waals surface area contributed by atoms with Gasteiger partial charge in [-0.2, -0.15) is 0 Å². The van der Waals surface area contributed by atoms with Crippen molar-refractivity contribution in [3.05, 3.63) is 23.8 Å². The number of rotatable bonds is 3. The number of anilines is 1. The summed E-state index contributed by atoms with van der Waals surface area (Å²) in [7, 11) is 1.39. The molecular weight excluding hydrogens is 232 g/mol. The summed E-state index contributed by atoms with van der Waals surface area (Å²) in [4.78, 5) is 13.4. The zero-order chi connectivity index (χ0) is 13.1. The lowest BCUT2D eigenvalue weighted by atomic mass is 10.1. The number of esters is 1. The molecule has 18 heavy (non-hydrogen) atoms. The third kappa shape index (κ3) is 2.56. The van der Waals surface area contributed by atoms with Crippen LogP contribution in [0, 0.1) is 0 Å². The second-order valence-electron chi connectivity index (χ2n) is 4.39. The second-order valence-corrected chi connectivity index (χ2v) is 4.39. The van der Waals surface area contributed by atoms with Gasteiger partial charge in [-0.1, -0.05) is 6.07 Å². The van der Waals surface area contributed by atoms with E-state index in [0.717, 1.165) is 17.0 Å². The molecule has 0 radical (unpaired) electrons. The van der Waals surface area contributed by atoms with Gasteiger partial charge < -0.3 is 20.1 Å². The van der Waals surface area contributed by atoms with Gasteiger partial charge in [-0.3, -0.25) is 4.79 Å². The number of ether oxygens (including phenoxy) is 2. The topological polar surface area (TPSA) is 64.8 Å². The highest BCUT2D eigenvalue weighted by Crippen LogP contribution is 2.34. The van der Waals surface area contributed by atoms with Crippen molar-refractivity contribution >= 4 is 11.7 Å². The van der Waals surface area contributed by atoms with Crippen LogP contribution in [0.5, 0.6) is 5.75 Å². The normalized spacial score (nSPS) is 17.9. The van der Waals surface area contributed by atoms with Crippen LogP contribution in [0.25, 0.3) is 0 Å². The molecule has 0 saturated carbocycles. The molecule has 0 aliphatic carbocycles. The SMILES string of the molecule is COC(=O)CN1CC(C)Oc2cc(CN)ccc21. The molecule has 1 unspecified atom stereocenters. The Morgan fingerprint density at radius 2 is 2.39 bits per heavy atom. The van der Waals surface area contributed by atoms with Crippen molar-refractivity contribution < 1.29 is 14.3 Å². The number of carbonyl (C=O) groups excluding carboxylic acids is 1. The minimum absolute atomic E-state index is 0.0372. The van der Waals surface area contributed by atoms with Crippen molar-refractivity contribution in [2.45, 2.75) is 19.6 Å². The summed E-state index contributed by atoms with van der Waals surface area (Å²) in [5, 5.41) is 0. The van der Waals surface area contributed by atoms with Crippen LogP contribution in [-0.2, 0) is 16.1 Å². The molecular formula is C13H18N2O3. The van der Waals surface area contributed by atoms with E-state index in [1.165, 1.54) is 7.11 Å². The van der Waals surface area contributed by atoms with Crippen LogP contribution in [-0.4, -0.2) is 32.3 Å². The maximum Gasteiger partial charge on any atom is 0.325 e. The number of methoxy groups -OCH3 is 1. The Bertz CT molecular complexity index is 448. The summed E-state index contributed by atoms with van der Waals surface area (Å²) in [5.41, 5.74) is 7.54. The highest BCUT2D eigenvalue weighted by molar-refractivity contribution is 5.77. The largest absolute Gasteiger partial charge is 0.487 e. The third-order valence-corrected chi connectivity index (χ3v) is 2.95. The molecule has 0 saturated heterocycles. The van der Waals surface area contributed by atoms with Gasteiger partial charge in [0, 0.05) is 6.54 Å². The van der Waals surface area contributed by atoms with Crippen LogP contribution in [0.1, 0.15) is 12.5 Å². The fraction of sp³-hybridized carbons (Fsp3) is 0.462. The molecule has 1 aromatic rings. The molecule has 0 fully saturated rings. The molecule has 1 aliphatic heterocycles. The fourth-order valence-electron chi connectivity index (χ4n) is 2.07. The van der Waals surface area contributed by atoms with Gasteiger partial charge >= 0.3 is 5.97 Å². The van der Waals surface area contributed by atoms with Crippen molar-refractivity contribution in [3.63, 3.8) is 0 Å². The van der Waals surface area contributed by atoms with Crippen LogP contribution in [0.15, 0.2) is 18.2 Å². The van der Waals surface area contributed by atoms with Crippen molar-refractivity contribution in [1.29, 1.82) is 0 Å². The van der Waals surface area contributed by atoms with Gasteiger partial charge in [0.2, 0.25) is 0 Å². The predicted molar refractivity (Wildman–Crippen MR) is 68.7 cm³/mol. The summed E-state index contributed by atoms with van der Waals surface area (Å²) in [6.07, 6.45) is 0.0372. The van der Waals surface area contributed by atoms with E-state index in [2.05, 4.69) is 0 Å². The zero-order valence-corrected chi connectivity index (χ0v) is 10.7. The fourth-order valence-corrected chi connectivity index (χ4v) is 2.07. The molecule has 5 nitrogen and oxygen atoms in total. The summed E-state index contributed by atoms with van der Waals surface area (Å²) in [5.74, 6) is 0.526. The molecule has 0 amide bonds. The minimum atomic E-state index is -0.252. The Kier molecular flexibility index (Phi) is 3.72. The van der Waals surface area contributed by atoms with E-state index in [4.69, 9.17) is 15.2 Å². The molecule has 0 spiro atoms. The van der Waals surface area contributed by atoms with E-state index in [9.17, 15) is 4.79 Å². The monoisotopic (exact) mass is 250 g/mol. The van der Waals surface area contributed by atoms with E-state index in [0.29, 0.717) is 13.1 Å². The van der Waals surface area contributed by atoms with Crippen molar-refractivity contribution in [2.75, 3.05) is 25.1 Å². The summed E-state index contributed by atoms with van der Waals surface area (Å²) in [6.45, 7) is 3.35. The van der Waals surface area contributed by atoms with E-state index in [1.807, 2.05) is 30.0 Å². The van der Waals surface area contributed by atoms with Crippen LogP contribution in [0.3, 0.4) is 0 Å². The van der Waals surface area contributed by atoms with E-state index in [-0.39, 0.29) is 18.6 Å². The molecule has 1 atom stereocenters. The number of hydrogen-bond acceptors (Lipinski definition) is 5. The van der Waals surface area contributed by atoms with Crippen molar-refractivity contribution in [1.82, 2.24) is 0 Å². The highest BCUT2D eigenvalue weighted by Gasteiger charge is 2.24. The Hall–Kier alpha value is -1.75. The quantitative estimate of drug-likeness (QED) is 0.808. The second kappa shape index (κ2) is 5.27. The van der Waals surface area contributed by atoms with E-state index < -0.39 is 0 Å². The maximum atomic E-state index is 11.4. The van der Waals surface area contributed by atoms with Gasteiger partial charge in [-0.25, -0.2) is 0 Å². The molecule has 1 aromatic carbocycles. The number of carbonyl (C=O) groups is 1. The predicted octanol–water partition coefficient (Wildman–Crippen LogP) is 0.906. The molecule has 2 N–H and O–H groups in total. The molecule has 0 aromatic heterocycles. The lowest BCUT2D eigenvalue weighted by Crippen LogP contribution is -2.41. The third-order valence-electron chi connectivity index (χ3n) is 2.95. The summed E-state index contributed by atoms with van der Waals surface area (Å²) >= 11 is 0. The summed E-state index contributed by atoms with van der Waals surface area (Å²) in [6, 6.07) is 5.81. The van der Waals surface area contributed by atoms with Gasteiger partial charge in [0.25, 0.3) is 0 Å². The number of benzene rings is 1. The molecule has 0 bridgehead atoms. The first-order valence-corrected chi connectivity index (χ1v) is 5.95. The van der Waals surface area contributed by atoms with E-state index in [1.54, 1.807) is 0 Å². The first kappa shape index (κ1) is 12.7. The van der Waals surface area contributed by atoms with Crippen LogP contribution in [0.4, 0.5) is 5.69 Å². The molecule has 1 aliphatic rings. The number of nitrogens with zero attached hydrogens (tertiary/aromatic N) is 1. The van der Waals surface area contributed by atoms with Gasteiger partial charge in [-0.05, 0) is 24.6 Å². The molecule has 2 rings (SSSR count). The summed E-state index contributed by atoms with van der Waals surface area (Å²) < 4.78 is 10.5. The number of fused-ring (bicyclic) bond motifs is 1. The Balaban J connectivity index is 2.27. The standard InChI is InChI=1S/C13H18N2O3/c1-9-7-15(8-13(16)17-2)11-4-3-10(6-14)5-12(11)18-9/h3-5,9H,6-8,14H2,1-2H3. The Morgan fingerprint density at radius 1 is 1.61 bits per heavy atom. The van der Waals surface area contributed by atoms with Gasteiger partial charge in [0.15, 0.2) is 0 Å². The lowest BCUT2D eigenvalue weighted by Gasteiger charge is -2.34. The Labute approximate surface area is 106 Å². The molecule has 98 valence electrons. The number of hydrogen-bond donors (Lipinski definition) is 1. The van der Waals surface area contributed by atoms with Gasteiger partial charge in [-0.15, -0.1) is 0 Å². The van der Waals surface area contributed by atoms with Gasteiger partial charge in [0.05, 0.1) is 19.3 Å². The average molecular weight is 250 g/mol. The van der Waals surface area contributed by atoms with Crippen molar-refractivity contribution in [3.8, 4) is 5.75 Å². The van der Waals surface area contributed by atoms with Crippen LogP contribution >= 0.6 is 0 Å². The smallest absolute Gasteiger partial charge is 0.325 e. The zero-order valence-electron chi connectivity index (χ0n) is 10.7. The van der Waals surface area contributed by atoms with Crippen LogP contribution < -0.4 is 15.4 Å². The molecule has 5 heteroatoms. The molecule has 1 heterocycles. The first-order valence-electron chi connectivity index (χ1n) is 5.95. The van der Waals surface area contributed by atoms with E-state index >= 15 is 0 Å². The maximum absolute atomic E-state index is 11.4. The Morgan fingerprint density at radius 3 is 3.06 bits per heavy atom. The average Bonchev–Trinajstić information content (AvgIpc) is 2.37. The van der Waals surface area contributed by atoms with Gasteiger partial charge in [0.1, 0.15) is 18.4 Å². The first-order chi connectivity index (χ1) is 8.63. The lowest BCUT2D eigenvalue weighted by molar-refractivity contribution is -0.139. The van der Waals surface area contributed by atoms with Crippen LogP contribution in [0.2, 0.25) is 0 Å².